The highest BCUT2D eigenvalue weighted by atomic mass is 32.2. The van der Waals surface area contributed by atoms with Gasteiger partial charge in [-0.1, -0.05) is 59.9 Å². The lowest BCUT2D eigenvalue weighted by atomic mass is 10.2. The van der Waals surface area contributed by atoms with Gasteiger partial charge in [0.15, 0.2) is 0 Å². The number of thiophene rings is 4. The van der Waals surface area contributed by atoms with Crippen molar-refractivity contribution in [1.29, 1.82) is 0 Å². The Balaban J connectivity index is 1.51. The number of benzene rings is 2. The lowest BCUT2D eigenvalue weighted by Crippen LogP contribution is -1.78. The third kappa shape index (κ3) is 1.87. The summed E-state index contributed by atoms with van der Waals surface area (Å²) in [7, 11) is 0. The van der Waals surface area contributed by atoms with Crippen molar-refractivity contribution in [1.82, 2.24) is 0 Å². The Morgan fingerprint density at radius 1 is 0.462 bits per heavy atom. The molecule has 0 nitrogen and oxygen atoms in total. The molecule has 0 bridgehead atoms. The molecule has 6 aromatic rings. The van der Waals surface area contributed by atoms with E-state index in [2.05, 4.69) is 48.5 Å². The second-order valence-electron chi connectivity index (χ2n) is 6.15. The zero-order chi connectivity index (χ0) is 16.8. The minimum absolute atomic E-state index is 1.41. The third-order valence-electron chi connectivity index (χ3n) is 4.66. The van der Waals surface area contributed by atoms with Gasteiger partial charge in [-0.3, -0.25) is 0 Å². The standard InChI is InChI=1S/C20H8S6/c1-3-7-11-9(5-1)13-15(21-11)17-19(24-13)26-20-18(23-17)16-14(25-20)10-6-2-4-8-12(10)22-16/h1-8H. The topological polar surface area (TPSA) is 0 Å². The summed E-state index contributed by atoms with van der Waals surface area (Å²) in [5.41, 5.74) is 0. The Morgan fingerprint density at radius 2 is 0.962 bits per heavy atom. The second kappa shape index (κ2) is 5.28. The van der Waals surface area contributed by atoms with Crippen molar-refractivity contribution >= 4 is 108 Å². The van der Waals surface area contributed by atoms with Crippen LogP contribution in [0.15, 0.2) is 66.7 Å². The normalized spacial score (nSPS) is 13.8. The van der Waals surface area contributed by atoms with Crippen LogP contribution in [0, 0.1) is 0 Å². The van der Waals surface area contributed by atoms with Crippen LogP contribution in [-0.4, -0.2) is 0 Å². The zero-order valence-corrected chi connectivity index (χ0v) is 18.0. The molecule has 6 heteroatoms. The summed E-state index contributed by atoms with van der Waals surface area (Å²) in [6, 6.07) is 17.6. The van der Waals surface area contributed by atoms with Crippen LogP contribution < -0.4 is 0 Å². The summed E-state index contributed by atoms with van der Waals surface area (Å²) in [6.07, 6.45) is 0. The zero-order valence-electron chi connectivity index (χ0n) is 13.1. The molecule has 1 aliphatic heterocycles. The number of hydrogen-bond acceptors (Lipinski definition) is 6. The van der Waals surface area contributed by atoms with E-state index in [1.54, 1.807) is 0 Å². The Labute approximate surface area is 173 Å². The first-order valence-corrected chi connectivity index (χ1v) is 13.0. The van der Waals surface area contributed by atoms with Crippen molar-refractivity contribution in [3.8, 4) is 0 Å². The van der Waals surface area contributed by atoms with Crippen molar-refractivity contribution in [2.75, 3.05) is 0 Å². The molecule has 7 rings (SSSR count). The highest BCUT2D eigenvalue weighted by Gasteiger charge is 2.28. The molecule has 0 aliphatic carbocycles. The molecule has 0 N–H and O–H groups in total. The van der Waals surface area contributed by atoms with E-state index in [0.717, 1.165) is 0 Å². The van der Waals surface area contributed by atoms with Gasteiger partial charge < -0.3 is 0 Å². The van der Waals surface area contributed by atoms with Gasteiger partial charge in [0.05, 0.1) is 37.0 Å². The number of fused-ring (bicyclic) bond motifs is 10. The van der Waals surface area contributed by atoms with Crippen LogP contribution in [0.4, 0.5) is 0 Å². The van der Waals surface area contributed by atoms with Crippen LogP contribution in [0.2, 0.25) is 0 Å². The van der Waals surface area contributed by atoms with Crippen LogP contribution in [0.1, 0.15) is 0 Å². The SMILES string of the molecule is c1ccc2c(c1)sc1c3c(sc12)Sc1sc2c(sc4ccccc42)c1S3. The molecule has 124 valence electrons. The predicted octanol–water partition coefficient (Wildman–Crippen LogP) is 9.16. The summed E-state index contributed by atoms with van der Waals surface area (Å²) in [6.45, 7) is 0. The molecular weight excluding hydrogens is 433 g/mol. The largest absolute Gasteiger partial charge is 0.133 e. The molecule has 26 heavy (non-hydrogen) atoms. The molecule has 0 atom stereocenters. The minimum Gasteiger partial charge on any atom is -0.133 e. The first-order valence-electron chi connectivity index (χ1n) is 8.10. The van der Waals surface area contributed by atoms with Gasteiger partial charge in [0.25, 0.3) is 0 Å². The molecule has 0 saturated heterocycles. The second-order valence-corrected chi connectivity index (χ2v) is 12.9. The molecule has 0 radical (unpaired) electrons. The highest BCUT2D eigenvalue weighted by Crippen LogP contribution is 2.62. The van der Waals surface area contributed by atoms with Crippen LogP contribution in [0.3, 0.4) is 0 Å². The van der Waals surface area contributed by atoms with E-state index in [4.69, 9.17) is 0 Å². The van der Waals surface area contributed by atoms with E-state index in [0.29, 0.717) is 0 Å². The Bertz CT molecular complexity index is 1380. The lowest BCUT2D eigenvalue weighted by molar-refractivity contribution is 1.35. The maximum atomic E-state index is 2.27. The molecule has 0 amide bonds. The van der Waals surface area contributed by atoms with E-state index >= 15 is 0 Å². The van der Waals surface area contributed by atoms with Gasteiger partial charge in [-0.15, -0.1) is 45.3 Å². The van der Waals surface area contributed by atoms with Gasteiger partial charge in [0, 0.05) is 20.2 Å². The quantitative estimate of drug-likeness (QED) is 0.230. The molecule has 4 aromatic heterocycles. The van der Waals surface area contributed by atoms with Crippen molar-refractivity contribution in [3.63, 3.8) is 0 Å². The summed E-state index contributed by atoms with van der Waals surface area (Å²) < 4.78 is 11.7. The number of hydrogen-bond donors (Lipinski definition) is 0. The average Bonchev–Trinajstić information content (AvgIpc) is 3.38. The van der Waals surface area contributed by atoms with Crippen molar-refractivity contribution < 1.29 is 0 Å². The Hall–Kier alpha value is -1.02. The first-order chi connectivity index (χ1) is 12.9. The summed E-state index contributed by atoms with van der Waals surface area (Å²) in [5, 5.41) is 2.84. The maximum Gasteiger partial charge on any atom is 0.0815 e. The summed E-state index contributed by atoms with van der Waals surface area (Å²) in [4.78, 5) is 2.97. The molecule has 0 fully saturated rings. The van der Waals surface area contributed by atoms with Crippen LogP contribution in [-0.2, 0) is 0 Å². The monoisotopic (exact) mass is 440 g/mol. The fraction of sp³-hybridized carbons (Fsp3) is 0. The summed E-state index contributed by atoms with van der Waals surface area (Å²) in [5.74, 6) is 0. The smallest absolute Gasteiger partial charge is 0.0815 e. The van der Waals surface area contributed by atoms with Gasteiger partial charge in [-0.25, -0.2) is 0 Å². The van der Waals surface area contributed by atoms with Crippen molar-refractivity contribution in [2.24, 2.45) is 0 Å². The lowest BCUT2D eigenvalue weighted by Gasteiger charge is -2.10. The molecule has 5 heterocycles. The molecular formula is C20H8S6. The van der Waals surface area contributed by atoms with Crippen LogP contribution >= 0.6 is 68.9 Å². The maximum absolute atomic E-state index is 2.27. The number of rotatable bonds is 0. The Morgan fingerprint density at radius 3 is 1.50 bits per heavy atom. The fourth-order valence-electron chi connectivity index (χ4n) is 3.51. The predicted molar refractivity (Wildman–Crippen MR) is 123 cm³/mol. The van der Waals surface area contributed by atoms with E-state index in [9.17, 15) is 0 Å². The minimum atomic E-state index is 1.41. The first kappa shape index (κ1) is 15.0. The van der Waals surface area contributed by atoms with E-state index in [-0.39, 0.29) is 0 Å². The van der Waals surface area contributed by atoms with Gasteiger partial charge >= 0.3 is 0 Å². The average molecular weight is 441 g/mol. The van der Waals surface area contributed by atoms with E-state index in [1.807, 2.05) is 68.9 Å². The van der Waals surface area contributed by atoms with Gasteiger partial charge in [-0.05, 0) is 12.1 Å². The molecule has 0 saturated carbocycles. The van der Waals surface area contributed by atoms with Gasteiger partial charge in [0.1, 0.15) is 0 Å². The van der Waals surface area contributed by atoms with Crippen molar-refractivity contribution in [3.05, 3.63) is 48.5 Å². The molecule has 1 aliphatic rings. The van der Waals surface area contributed by atoms with E-state index in [1.165, 1.54) is 57.2 Å². The molecule has 0 unspecified atom stereocenters. The van der Waals surface area contributed by atoms with Crippen LogP contribution in [0.5, 0.6) is 0 Å². The molecule has 0 spiro atoms. The Kier molecular flexibility index (Phi) is 3.04. The third-order valence-corrected chi connectivity index (χ3v) is 13.1. The van der Waals surface area contributed by atoms with E-state index < -0.39 is 0 Å². The summed E-state index contributed by atoms with van der Waals surface area (Å²) >= 11 is 11.9. The van der Waals surface area contributed by atoms with Gasteiger partial charge in [0.2, 0.25) is 0 Å². The van der Waals surface area contributed by atoms with Gasteiger partial charge in [-0.2, -0.15) is 0 Å². The van der Waals surface area contributed by atoms with Crippen LogP contribution in [0.25, 0.3) is 39.0 Å². The highest BCUT2D eigenvalue weighted by molar-refractivity contribution is 8.08. The fourth-order valence-corrected chi connectivity index (χ4v) is 12.6. The van der Waals surface area contributed by atoms with Crippen molar-refractivity contribution in [2.45, 2.75) is 18.2 Å². The molecule has 2 aromatic carbocycles.